The molecule has 0 bridgehead atoms. The average molecular weight is 283 g/mol. The van der Waals surface area contributed by atoms with Crippen LogP contribution in [0.2, 0.25) is 0 Å². The molecular formula is C11H10FN3O3S. The number of rotatable bonds is 3. The molecule has 100 valence electrons. The zero-order valence-corrected chi connectivity index (χ0v) is 10.7. The van der Waals surface area contributed by atoms with E-state index >= 15 is 0 Å². The first-order chi connectivity index (χ1) is 8.87. The first-order valence-electron chi connectivity index (χ1n) is 5.23. The van der Waals surface area contributed by atoms with Crippen molar-refractivity contribution in [2.45, 2.75) is 11.8 Å². The van der Waals surface area contributed by atoms with E-state index in [-0.39, 0.29) is 10.8 Å². The van der Waals surface area contributed by atoms with Gasteiger partial charge in [0.1, 0.15) is 5.82 Å². The molecule has 0 aliphatic rings. The zero-order valence-electron chi connectivity index (χ0n) is 9.84. The molecule has 6 nitrogen and oxygen atoms in total. The number of hydrogen-bond acceptors (Lipinski definition) is 4. The fourth-order valence-electron chi connectivity index (χ4n) is 1.43. The van der Waals surface area contributed by atoms with Crippen molar-refractivity contribution < 1.29 is 12.8 Å². The van der Waals surface area contributed by atoms with Crippen LogP contribution in [0.1, 0.15) is 5.69 Å². The van der Waals surface area contributed by atoms with Crippen molar-refractivity contribution in [2.24, 2.45) is 0 Å². The molecule has 8 heteroatoms. The summed E-state index contributed by atoms with van der Waals surface area (Å²) >= 11 is 0. The topological polar surface area (TPSA) is 91.9 Å². The minimum atomic E-state index is -3.91. The van der Waals surface area contributed by atoms with Crippen LogP contribution < -0.4 is 10.3 Å². The lowest BCUT2D eigenvalue weighted by atomic mass is 10.4. The van der Waals surface area contributed by atoms with E-state index in [1.54, 1.807) is 6.92 Å². The fraction of sp³-hybridized carbons (Fsp3) is 0.0909. The molecule has 1 heterocycles. The van der Waals surface area contributed by atoms with Gasteiger partial charge in [0.2, 0.25) is 5.95 Å². The standard InChI is InChI=1S/C11H10FN3O3S/c1-7-6-10(16)14-11(13-7)15-19(17,18)9-4-2-8(12)3-5-9/h2-6H,1H3,(H2,13,14,15,16). The smallest absolute Gasteiger partial charge is 0.264 e. The number of aryl methyl sites for hydroxylation is 1. The Bertz CT molecular complexity index is 754. The Kier molecular flexibility index (Phi) is 3.34. The molecule has 0 aliphatic heterocycles. The fourth-order valence-corrected chi connectivity index (χ4v) is 2.39. The molecule has 0 aliphatic carbocycles. The third-order valence-electron chi connectivity index (χ3n) is 2.22. The number of sulfonamides is 1. The second-order valence-corrected chi connectivity index (χ2v) is 5.48. The number of H-pyrrole nitrogens is 1. The second kappa shape index (κ2) is 4.81. The van der Waals surface area contributed by atoms with E-state index < -0.39 is 21.4 Å². The van der Waals surface area contributed by atoms with Crippen LogP contribution >= 0.6 is 0 Å². The SMILES string of the molecule is Cc1cc(=O)[nH]c(NS(=O)(=O)c2ccc(F)cc2)n1. The Morgan fingerprint density at radius 3 is 2.47 bits per heavy atom. The van der Waals surface area contributed by atoms with Gasteiger partial charge in [0.15, 0.2) is 0 Å². The highest BCUT2D eigenvalue weighted by atomic mass is 32.2. The first-order valence-corrected chi connectivity index (χ1v) is 6.71. The third-order valence-corrected chi connectivity index (χ3v) is 3.58. The molecule has 0 amide bonds. The van der Waals surface area contributed by atoms with Crippen LogP contribution in [-0.4, -0.2) is 18.4 Å². The van der Waals surface area contributed by atoms with Crippen LogP contribution in [-0.2, 0) is 10.0 Å². The summed E-state index contributed by atoms with van der Waals surface area (Å²) in [5.74, 6) is -0.727. The van der Waals surface area contributed by atoms with Crippen molar-refractivity contribution in [3.63, 3.8) is 0 Å². The monoisotopic (exact) mass is 283 g/mol. The molecule has 1 aromatic carbocycles. The lowest BCUT2D eigenvalue weighted by Crippen LogP contribution is -2.18. The summed E-state index contributed by atoms with van der Waals surface area (Å²) < 4.78 is 38.7. The van der Waals surface area contributed by atoms with Crippen LogP contribution in [0.3, 0.4) is 0 Å². The summed E-state index contributed by atoms with van der Waals surface area (Å²) in [5.41, 5.74) is -0.0927. The van der Waals surface area contributed by atoms with Gasteiger partial charge in [-0.15, -0.1) is 0 Å². The van der Waals surface area contributed by atoms with Crippen LogP contribution in [0.4, 0.5) is 10.3 Å². The van der Waals surface area contributed by atoms with Crippen LogP contribution in [0, 0.1) is 12.7 Å². The summed E-state index contributed by atoms with van der Waals surface area (Å²) in [6.45, 7) is 1.56. The van der Waals surface area contributed by atoms with Crippen LogP contribution in [0.5, 0.6) is 0 Å². The third kappa shape index (κ3) is 3.16. The predicted octanol–water partition coefficient (Wildman–Crippen LogP) is 1.02. The number of aromatic amines is 1. The van der Waals surface area contributed by atoms with Crippen molar-refractivity contribution in [1.82, 2.24) is 9.97 Å². The number of benzene rings is 1. The lowest BCUT2D eigenvalue weighted by Gasteiger charge is -2.07. The van der Waals surface area contributed by atoms with E-state index in [4.69, 9.17) is 0 Å². The van der Waals surface area contributed by atoms with E-state index in [2.05, 4.69) is 14.7 Å². The molecule has 2 rings (SSSR count). The predicted molar refractivity (Wildman–Crippen MR) is 66.8 cm³/mol. The number of hydrogen-bond donors (Lipinski definition) is 2. The van der Waals surface area contributed by atoms with E-state index in [1.807, 2.05) is 0 Å². The number of anilines is 1. The normalized spacial score (nSPS) is 11.3. The van der Waals surface area contributed by atoms with Crippen molar-refractivity contribution in [1.29, 1.82) is 0 Å². The maximum absolute atomic E-state index is 12.7. The van der Waals surface area contributed by atoms with E-state index in [9.17, 15) is 17.6 Å². The Balaban J connectivity index is 2.36. The van der Waals surface area contributed by atoms with E-state index in [0.29, 0.717) is 5.69 Å². The zero-order chi connectivity index (χ0) is 14.0. The van der Waals surface area contributed by atoms with Crippen molar-refractivity contribution >= 4 is 16.0 Å². The minimum absolute atomic E-state index is 0.127. The van der Waals surface area contributed by atoms with Crippen molar-refractivity contribution in [3.05, 3.63) is 52.2 Å². The molecule has 0 radical (unpaired) electrons. The highest BCUT2D eigenvalue weighted by molar-refractivity contribution is 7.92. The number of aromatic nitrogens is 2. The van der Waals surface area contributed by atoms with Crippen molar-refractivity contribution in [2.75, 3.05) is 4.72 Å². The van der Waals surface area contributed by atoms with E-state index in [1.165, 1.54) is 6.07 Å². The van der Waals surface area contributed by atoms with Gasteiger partial charge < -0.3 is 0 Å². The van der Waals surface area contributed by atoms with Crippen LogP contribution in [0.25, 0.3) is 0 Å². The molecular weight excluding hydrogens is 273 g/mol. The van der Waals surface area contributed by atoms with Gasteiger partial charge in [-0.3, -0.25) is 9.78 Å². The summed E-state index contributed by atoms with van der Waals surface area (Å²) in [5, 5.41) is 0. The summed E-state index contributed by atoms with van der Waals surface area (Å²) in [4.78, 5) is 17.2. The molecule has 2 N–H and O–H groups in total. The van der Waals surface area contributed by atoms with Crippen LogP contribution in [0.15, 0.2) is 40.0 Å². The minimum Gasteiger partial charge on any atom is -0.292 e. The number of halogens is 1. The van der Waals surface area contributed by atoms with Gasteiger partial charge in [-0.2, -0.15) is 0 Å². The van der Waals surface area contributed by atoms with Gasteiger partial charge in [-0.05, 0) is 31.2 Å². The molecule has 0 spiro atoms. The molecule has 0 atom stereocenters. The van der Waals surface area contributed by atoms with Gasteiger partial charge in [-0.25, -0.2) is 22.5 Å². The molecule has 2 aromatic rings. The van der Waals surface area contributed by atoms with Gasteiger partial charge in [0.25, 0.3) is 15.6 Å². The maximum Gasteiger partial charge on any atom is 0.264 e. The average Bonchev–Trinajstić information content (AvgIpc) is 2.27. The molecule has 0 saturated carbocycles. The quantitative estimate of drug-likeness (QED) is 0.879. The first kappa shape index (κ1) is 13.2. The largest absolute Gasteiger partial charge is 0.292 e. The highest BCUT2D eigenvalue weighted by Gasteiger charge is 2.15. The molecule has 0 unspecified atom stereocenters. The Hall–Kier alpha value is -2.22. The van der Waals surface area contributed by atoms with Gasteiger partial charge in [0.05, 0.1) is 4.90 Å². The molecule has 19 heavy (non-hydrogen) atoms. The number of nitrogens with zero attached hydrogens (tertiary/aromatic N) is 1. The summed E-state index contributed by atoms with van der Waals surface area (Å²) in [6.07, 6.45) is 0. The maximum atomic E-state index is 12.7. The Morgan fingerprint density at radius 1 is 1.26 bits per heavy atom. The number of nitrogens with one attached hydrogen (secondary N) is 2. The summed E-state index contributed by atoms with van der Waals surface area (Å²) in [7, 11) is -3.91. The summed E-state index contributed by atoms with van der Waals surface area (Å²) in [6, 6.07) is 5.52. The van der Waals surface area contributed by atoms with Crippen molar-refractivity contribution in [3.8, 4) is 0 Å². The molecule has 1 aromatic heterocycles. The lowest BCUT2D eigenvalue weighted by molar-refractivity contribution is 0.599. The second-order valence-electron chi connectivity index (χ2n) is 3.79. The highest BCUT2D eigenvalue weighted by Crippen LogP contribution is 2.13. The van der Waals surface area contributed by atoms with E-state index in [0.717, 1.165) is 24.3 Å². The van der Waals surface area contributed by atoms with Gasteiger partial charge in [-0.1, -0.05) is 0 Å². The van der Waals surface area contributed by atoms with Gasteiger partial charge >= 0.3 is 0 Å². The Labute approximate surface area is 108 Å². The molecule has 0 saturated heterocycles. The molecule has 0 fully saturated rings. The Morgan fingerprint density at radius 2 is 1.89 bits per heavy atom. The van der Waals surface area contributed by atoms with Gasteiger partial charge in [0, 0.05) is 11.8 Å².